The molecule has 32 heavy (non-hydrogen) atoms. The zero-order chi connectivity index (χ0) is 22.2. The minimum atomic E-state index is -0.415. The number of amides is 1. The molecule has 0 bridgehead atoms. The number of fused-ring (bicyclic) bond motifs is 3. The molecule has 1 atom stereocenters. The summed E-state index contributed by atoms with van der Waals surface area (Å²) >= 11 is 6.65. The van der Waals surface area contributed by atoms with E-state index in [1.807, 2.05) is 79.7 Å². The summed E-state index contributed by atoms with van der Waals surface area (Å²) in [6, 6.07) is 23.1. The molecule has 0 fully saturated rings. The highest BCUT2D eigenvalue weighted by atomic mass is 35.5. The molecule has 0 saturated heterocycles. The molecule has 6 heteroatoms. The van der Waals surface area contributed by atoms with Crippen molar-refractivity contribution >= 4 is 40.2 Å². The summed E-state index contributed by atoms with van der Waals surface area (Å²) in [5.41, 5.74) is 5.98. The minimum absolute atomic E-state index is 0.174. The van der Waals surface area contributed by atoms with E-state index < -0.39 is 6.04 Å². The second-order valence-corrected chi connectivity index (χ2v) is 8.29. The second kappa shape index (κ2) is 8.17. The molecule has 1 amide bonds. The van der Waals surface area contributed by atoms with E-state index in [1.165, 1.54) is 5.56 Å². The summed E-state index contributed by atoms with van der Waals surface area (Å²) in [5.74, 6) is 0.519. The van der Waals surface area contributed by atoms with Gasteiger partial charge in [0, 0.05) is 16.4 Å². The van der Waals surface area contributed by atoms with Crippen LogP contribution in [-0.2, 0) is 11.2 Å². The van der Waals surface area contributed by atoms with Crippen molar-refractivity contribution < 1.29 is 4.79 Å². The van der Waals surface area contributed by atoms with E-state index in [-0.39, 0.29) is 5.91 Å². The number of aryl methyl sites for hydroxylation is 1. The number of aromatic nitrogens is 2. The lowest BCUT2D eigenvalue weighted by Crippen LogP contribution is -2.31. The van der Waals surface area contributed by atoms with Crippen molar-refractivity contribution in [3.05, 3.63) is 100 Å². The Morgan fingerprint density at radius 3 is 2.53 bits per heavy atom. The van der Waals surface area contributed by atoms with E-state index in [0.29, 0.717) is 16.5 Å². The van der Waals surface area contributed by atoms with Gasteiger partial charge in [0.2, 0.25) is 5.95 Å². The standard InChI is InChI=1S/C26H23ClN4O/c1-3-17-12-14-18(15-13-17)29-25(32)23-16(2)28-26-30-21-10-6-7-11-22(21)31(26)24(23)19-8-4-5-9-20(19)27/h4-15,24H,3H2,1-2H3,(H,28,30)(H,29,32). The molecule has 0 aliphatic carbocycles. The summed E-state index contributed by atoms with van der Waals surface area (Å²) in [5, 5.41) is 7.01. The molecule has 2 N–H and O–H groups in total. The average molecular weight is 443 g/mol. The van der Waals surface area contributed by atoms with Crippen LogP contribution in [0.15, 0.2) is 84.1 Å². The fraction of sp³-hybridized carbons (Fsp3) is 0.154. The lowest BCUT2D eigenvalue weighted by atomic mass is 9.94. The Balaban J connectivity index is 1.64. The van der Waals surface area contributed by atoms with E-state index in [4.69, 9.17) is 16.6 Å². The van der Waals surface area contributed by atoms with Crippen LogP contribution in [0.1, 0.15) is 31.0 Å². The Morgan fingerprint density at radius 1 is 1.06 bits per heavy atom. The quantitative estimate of drug-likeness (QED) is 0.396. The maximum Gasteiger partial charge on any atom is 0.255 e. The van der Waals surface area contributed by atoms with Gasteiger partial charge in [-0.1, -0.05) is 61.0 Å². The molecule has 1 aliphatic rings. The smallest absolute Gasteiger partial charge is 0.255 e. The lowest BCUT2D eigenvalue weighted by Gasteiger charge is -2.31. The number of hydrogen-bond donors (Lipinski definition) is 2. The minimum Gasteiger partial charge on any atom is -0.329 e. The van der Waals surface area contributed by atoms with Gasteiger partial charge in [-0.15, -0.1) is 0 Å². The number of allylic oxidation sites excluding steroid dienone is 1. The molecule has 4 aromatic rings. The molecule has 5 nitrogen and oxygen atoms in total. The summed E-state index contributed by atoms with van der Waals surface area (Å²) in [6.07, 6.45) is 0.952. The van der Waals surface area contributed by atoms with Gasteiger partial charge < -0.3 is 10.6 Å². The predicted molar refractivity (Wildman–Crippen MR) is 130 cm³/mol. The van der Waals surface area contributed by atoms with Gasteiger partial charge in [0.15, 0.2) is 0 Å². The van der Waals surface area contributed by atoms with Crippen LogP contribution in [0.4, 0.5) is 11.6 Å². The molecular weight excluding hydrogens is 420 g/mol. The maximum absolute atomic E-state index is 13.6. The molecule has 2 heterocycles. The van der Waals surface area contributed by atoms with Crippen molar-refractivity contribution in [1.82, 2.24) is 9.55 Å². The first-order valence-electron chi connectivity index (χ1n) is 10.7. The molecule has 1 aliphatic heterocycles. The number of nitrogens with zero attached hydrogens (tertiary/aromatic N) is 2. The number of rotatable bonds is 4. The molecular formula is C26H23ClN4O. The van der Waals surface area contributed by atoms with Crippen molar-refractivity contribution in [2.24, 2.45) is 0 Å². The molecule has 0 saturated carbocycles. The largest absolute Gasteiger partial charge is 0.329 e. The van der Waals surface area contributed by atoms with Crippen LogP contribution < -0.4 is 10.6 Å². The van der Waals surface area contributed by atoms with Crippen molar-refractivity contribution in [2.75, 3.05) is 10.6 Å². The first kappa shape index (κ1) is 20.3. The normalized spacial score (nSPS) is 15.4. The summed E-state index contributed by atoms with van der Waals surface area (Å²) in [4.78, 5) is 18.4. The van der Waals surface area contributed by atoms with Crippen LogP contribution in [0.5, 0.6) is 0 Å². The number of halogens is 1. The predicted octanol–water partition coefficient (Wildman–Crippen LogP) is 6.18. The van der Waals surface area contributed by atoms with Crippen LogP contribution in [0.2, 0.25) is 5.02 Å². The third-order valence-corrected chi connectivity index (χ3v) is 6.24. The summed E-state index contributed by atoms with van der Waals surface area (Å²) < 4.78 is 2.05. The van der Waals surface area contributed by atoms with E-state index in [0.717, 1.165) is 34.4 Å². The molecule has 0 radical (unpaired) electrons. The number of para-hydroxylation sites is 2. The van der Waals surface area contributed by atoms with Gasteiger partial charge >= 0.3 is 0 Å². The topological polar surface area (TPSA) is 59.0 Å². The highest BCUT2D eigenvalue weighted by Gasteiger charge is 2.35. The zero-order valence-electron chi connectivity index (χ0n) is 17.9. The number of hydrogen-bond acceptors (Lipinski definition) is 3. The Morgan fingerprint density at radius 2 is 1.78 bits per heavy atom. The van der Waals surface area contributed by atoms with Gasteiger partial charge in [0.05, 0.1) is 22.6 Å². The van der Waals surface area contributed by atoms with Crippen LogP contribution in [-0.4, -0.2) is 15.5 Å². The second-order valence-electron chi connectivity index (χ2n) is 7.89. The highest BCUT2D eigenvalue weighted by molar-refractivity contribution is 6.31. The van der Waals surface area contributed by atoms with Gasteiger partial charge in [0.25, 0.3) is 5.91 Å². The van der Waals surface area contributed by atoms with E-state index in [1.54, 1.807) is 0 Å². The molecule has 160 valence electrons. The number of benzene rings is 3. The molecule has 0 spiro atoms. The van der Waals surface area contributed by atoms with E-state index >= 15 is 0 Å². The number of imidazole rings is 1. The van der Waals surface area contributed by atoms with Crippen LogP contribution in [0.25, 0.3) is 11.0 Å². The first-order chi connectivity index (χ1) is 15.6. The fourth-order valence-electron chi connectivity index (χ4n) is 4.27. The number of carbonyl (C=O) groups excluding carboxylic acids is 1. The molecule has 5 rings (SSSR count). The van der Waals surface area contributed by atoms with Gasteiger partial charge in [-0.2, -0.15) is 0 Å². The van der Waals surface area contributed by atoms with Crippen molar-refractivity contribution in [3.8, 4) is 0 Å². The van der Waals surface area contributed by atoms with Crippen LogP contribution >= 0.6 is 11.6 Å². The van der Waals surface area contributed by atoms with Crippen LogP contribution in [0.3, 0.4) is 0 Å². The third-order valence-electron chi connectivity index (χ3n) is 5.90. The Bertz CT molecular complexity index is 1350. The number of nitrogens with one attached hydrogen (secondary N) is 2. The number of carbonyl (C=O) groups is 1. The maximum atomic E-state index is 13.6. The third kappa shape index (κ3) is 3.45. The van der Waals surface area contributed by atoms with E-state index in [9.17, 15) is 4.79 Å². The van der Waals surface area contributed by atoms with Gasteiger partial charge in [0.1, 0.15) is 0 Å². The van der Waals surface area contributed by atoms with Gasteiger partial charge in [-0.05, 0) is 54.8 Å². The zero-order valence-corrected chi connectivity index (χ0v) is 18.6. The Labute approximate surface area is 191 Å². The van der Waals surface area contributed by atoms with E-state index in [2.05, 4.69) is 22.1 Å². The number of anilines is 2. The van der Waals surface area contributed by atoms with Crippen molar-refractivity contribution in [2.45, 2.75) is 26.3 Å². The molecule has 1 unspecified atom stereocenters. The monoisotopic (exact) mass is 442 g/mol. The Kier molecular flexibility index (Phi) is 5.19. The average Bonchev–Trinajstić information content (AvgIpc) is 3.17. The molecule has 1 aromatic heterocycles. The fourth-order valence-corrected chi connectivity index (χ4v) is 4.51. The van der Waals surface area contributed by atoms with Crippen molar-refractivity contribution in [1.29, 1.82) is 0 Å². The Hall–Kier alpha value is -3.57. The van der Waals surface area contributed by atoms with Crippen LogP contribution in [0, 0.1) is 0 Å². The lowest BCUT2D eigenvalue weighted by molar-refractivity contribution is -0.113. The summed E-state index contributed by atoms with van der Waals surface area (Å²) in [7, 11) is 0. The first-order valence-corrected chi connectivity index (χ1v) is 11.0. The molecule has 3 aromatic carbocycles. The summed E-state index contributed by atoms with van der Waals surface area (Å²) in [6.45, 7) is 4.01. The van der Waals surface area contributed by atoms with Gasteiger partial charge in [-0.3, -0.25) is 9.36 Å². The SMILES string of the molecule is CCc1ccc(NC(=O)C2=C(C)Nc3nc4ccccc4n3C2c2ccccc2Cl)cc1. The van der Waals surface area contributed by atoms with Crippen molar-refractivity contribution in [3.63, 3.8) is 0 Å². The van der Waals surface area contributed by atoms with Gasteiger partial charge in [-0.25, -0.2) is 4.98 Å². The highest BCUT2D eigenvalue weighted by Crippen LogP contribution is 2.41.